The average Bonchev–Trinajstić information content (AvgIpc) is 2.79. The summed E-state index contributed by atoms with van der Waals surface area (Å²) in [6.07, 6.45) is 5.11. The number of ether oxygens (including phenoxy) is 1. The summed E-state index contributed by atoms with van der Waals surface area (Å²) in [5.74, 6) is 1.06. The van der Waals surface area contributed by atoms with Gasteiger partial charge in [-0.3, -0.25) is 0 Å². The molecule has 3 rings (SSSR count). The van der Waals surface area contributed by atoms with Gasteiger partial charge < -0.3 is 15.4 Å². The van der Waals surface area contributed by atoms with Crippen LogP contribution < -0.4 is 15.4 Å². The van der Waals surface area contributed by atoms with Crippen molar-refractivity contribution in [3.05, 3.63) is 23.8 Å². The number of hydrogen-bond donors (Lipinski definition) is 2. The first kappa shape index (κ1) is 11.8. The number of fused-ring (bicyclic) bond motifs is 1. The summed E-state index contributed by atoms with van der Waals surface area (Å²) in [6.45, 7) is 3.03. The first-order valence-electron chi connectivity index (χ1n) is 6.96. The Balaban J connectivity index is 1.63. The summed E-state index contributed by atoms with van der Waals surface area (Å²) in [5.41, 5.74) is 3.06. The van der Waals surface area contributed by atoms with Crippen LogP contribution in [0.2, 0.25) is 0 Å². The number of anilines is 1. The van der Waals surface area contributed by atoms with Gasteiger partial charge in [0.1, 0.15) is 5.75 Å². The first-order valence-corrected chi connectivity index (χ1v) is 6.96. The van der Waals surface area contributed by atoms with E-state index in [0.29, 0.717) is 5.41 Å². The van der Waals surface area contributed by atoms with Crippen LogP contribution in [0.25, 0.3) is 0 Å². The summed E-state index contributed by atoms with van der Waals surface area (Å²) in [7, 11) is 2.05. The van der Waals surface area contributed by atoms with Gasteiger partial charge in [-0.15, -0.1) is 0 Å². The lowest BCUT2D eigenvalue weighted by Gasteiger charge is -2.42. The number of nitrogens with one attached hydrogen (secondary N) is 2. The van der Waals surface area contributed by atoms with E-state index >= 15 is 0 Å². The normalized spacial score (nSPS) is 19.8. The Labute approximate surface area is 109 Å². The molecule has 0 atom stereocenters. The van der Waals surface area contributed by atoms with Crippen LogP contribution in [0.1, 0.15) is 24.8 Å². The van der Waals surface area contributed by atoms with E-state index in [1.165, 1.54) is 30.5 Å². The highest BCUT2D eigenvalue weighted by Gasteiger charge is 2.35. The molecular formula is C15H22N2O. The second kappa shape index (κ2) is 4.81. The standard InChI is InChI=1S/C15H22N2O/c1-16-10-15(6-2-7-15)11-17-13-3-4-14-12(9-13)5-8-18-14/h3-4,9,16-17H,2,5-8,10-11H2,1H3. The van der Waals surface area contributed by atoms with E-state index < -0.39 is 0 Å². The molecule has 0 spiro atoms. The summed E-state index contributed by atoms with van der Waals surface area (Å²) < 4.78 is 5.53. The van der Waals surface area contributed by atoms with Crippen LogP contribution in [0.4, 0.5) is 5.69 Å². The van der Waals surface area contributed by atoms with Crippen molar-refractivity contribution < 1.29 is 4.74 Å². The van der Waals surface area contributed by atoms with Gasteiger partial charge in [-0.2, -0.15) is 0 Å². The zero-order valence-electron chi connectivity index (χ0n) is 11.1. The maximum absolute atomic E-state index is 5.53. The van der Waals surface area contributed by atoms with E-state index in [-0.39, 0.29) is 0 Å². The highest BCUT2D eigenvalue weighted by atomic mass is 16.5. The molecule has 1 heterocycles. The van der Waals surface area contributed by atoms with Crippen LogP contribution in [0.5, 0.6) is 5.75 Å². The fourth-order valence-corrected chi connectivity index (χ4v) is 3.05. The fraction of sp³-hybridized carbons (Fsp3) is 0.600. The molecule has 2 N–H and O–H groups in total. The van der Waals surface area contributed by atoms with Crippen LogP contribution in [0.3, 0.4) is 0 Å². The third-order valence-electron chi connectivity index (χ3n) is 4.32. The van der Waals surface area contributed by atoms with Gasteiger partial charge in [0.25, 0.3) is 0 Å². The highest BCUT2D eigenvalue weighted by Crippen LogP contribution is 2.40. The molecule has 0 amide bonds. The SMILES string of the molecule is CNCC1(CNc2ccc3c(c2)CCO3)CCC1. The predicted octanol–water partition coefficient (Wildman–Crippen LogP) is 2.42. The van der Waals surface area contributed by atoms with Crippen molar-refractivity contribution in [2.24, 2.45) is 5.41 Å². The Morgan fingerprint density at radius 3 is 2.89 bits per heavy atom. The van der Waals surface area contributed by atoms with Crippen molar-refractivity contribution in [2.75, 3.05) is 32.1 Å². The Morgan fingerprint density at radius 2 is 2.17 bits per heavy atom. The van der Waals surface area contributed by atoms with E-state index in [9.17, 15) is 0 Å². The molecule has 0 aromatic heterocycles. The lowest BCUT2D eigenvalue weighted by atomic mass is 9.68. The molecule has 0 unspecified atom stereocenters. The fourth-order valence-electron chi connectivity index (χ4n) is 3.05. The Hall–Kier alpha value is -1.22. The minimum absolute atomic E-state index is 0.476. The molecule has 1 aromatic rings. The molecule has 18 heavy (non-hydrogen) atoms. The van der Waals surface area contributed by atoms with Gasteiger partial charge in [-0.1, -0.05) is 6.42 Å². The van der Waals surface area contributed by atoms with E-state index in [0.717, 1.165) is 31.9 Å². The van der Waals surface area contributed by atoms with Gasteiger partial charge in [0.15, 0.2) is 0 Å². The second-order valence-electron chi connectivity index (χ2n) is 5.66. The molecule has 1 fully saturated rings. The van der Waals surface area contributed by atoms with E-state index in [4.69, 9.17) is 4.74 Å². The van der Waals surface area contributed by atoms with Gasteiger partial charge in [0, 0.05) is 30.6 Å². The summed E-state index contributed by atoms with van der Waals surface area (Å²) in [4.78, 5) is 0. The zero-order chi connectivity index (χ0) is 12.4. The highest BCUT2D eigenvalue weighted by molar-refractivity contribution is 5.52. The van der Waals surface area contributed by atoms with Crippen molar-refractivity contribution >= 4 is 5.69 Å². The predicted molar refractivity (Wildman–Crippen MR) is 74.3 cm³/mol. The quantitative estimate of drug-likeness (QED) is 0.837. The van der Waals surface area contributed by atoms with Gasteiger partial charge in [0.05, 0.1) is 6.61 Å². The molecule has 98 valence electrons. The van der Waals surface area contributed by atoms with Gasteiger partial charge in [-0.05, 0) is 43.7 Å². The molecule has 1 saturated carbocycles. The number of rotatable bonds is 5. The third kappa shape index (κ3) is 2.19. The third-order valence-corrected chi connectivity index (χ3v) is 4.32. The maximum atomic E-state index is 5.53. The molecule has 1 aliphatic carbocycles. The minimum atomic E-state index is 0.476. The summed E-state index contributed by atoms with van der Waals surface area (Å²) >= 11 is 0. The molecule has 0 saturated heterocycles. The Morgan fingerprint density at radius 1 is 1.28 bits per heavy atom. The van der Waals surface area contributed by atoms with E-state index in [2.05, 4.69) is 28.8 Å². The van der Waals surface area contributed by atoms with Gasteiger partial charge in [0.2, 0.25) is 0 Å². The van der Waals surface area contributed by atoms with E-state index in [1.807, 2.05) is 7.05 Å². The van der Waals surface area contributed by atoms with Crippen molar-refractivity contribution in [2.45, 2.75) is 25.7 Å². The number of benzene rings is 1. The van der Waals surface area contributed by atoms with Crippen LogP contribution >= 0.6 is 0 Å². The maximum Gasteiger partial charge on any atom is 0.122 e. The summed E-state index contributed by atoms with van der Waals surface area (Å²) in [5, 5.41) is 6.93. The molecule has 1 aliphatic heterocycles. The monoisotopic (exact) mass is 246 g/mol. The largest absolute Gasteiger partial charge is 0.493 e. The molecule has 1 aromatic carbocycles. The Kier molecular flexibility index (Phi) is 3.16. The van der Waals surface area contributed by atoms with Crippen molar-refractivity contribution in [3.63, 3.8) is 0 Å². The first-order chi connectivity index (χ1) is 8.81. The van der Waals surface area contributed by atoms with Crippen molar-refractivity contribution in [3.8, 4) is 5.75 Å². The molecule has 0 bridgehead atoms. The average molecular weight is 246 g/mol. The molecular weight excluding hydrogens is 224 g/mol. The van der Waals surface area contributed by atoms with Crippen LogP contribution in [0.15, 0.2) is 18.2 Å². The molecule has 3 heteroatoms. The lowest BCUT2D eigenvalue weighted by molar-refractivity contribution is 0.151. The van der Waals surface area contributed by atoms with Crippen LogP contribution in [-0.4, -0.2) is 26.7 Å². The van der Waals surface area contributed by atoms with Crippen molar-refractivity contribution in [1.29, 1.82) is 0 Å². The smallest absolute Gasteiger partial charge is 0.122 e. The molecule has 3 nitrogen and oxygen atoms in total. The van der Waals surface area contributed by atoms with Gasteiger partial charge in [-0.25, -0.2) is 0 Å². The molecule has 0 radical (unpaired) electrons. The lowest BCUT2D eigenvalue weighted by Crippen LogP contribution is -2.44. The number of hydrogen-bond acceptors (Lipinski definition) is 3. The van der Waals surface area contributed by atoms with Crippen LogP contribution in [-0.2, 0) is 6.42 Å². The molecule has 2 aliphatic rings. The zero-order valence-corrected chi connectivity index (χ0v) is 11.1. The minimum Gasteiger partial charge on any atom is -0.493 e. The topological polar surface area (TPSA) is 33.3 Å². The van der Waals surface area contributed by atoms with E-state index in [1.54, 1.807) is 0 Å². The second-order valence-corrected chi connectivity index (χ2v) is 5.66. The summed E-state index contributed by atoms with van der Waals surface area (Å²) in [6, 6.07) is 6.47. The van der Waals surface area contributed by atoms with Crippen molar-refractivity contribution in [1.82, 2.24) is 5.32 Å². The van der Waals surface area contributed by atoms with Crippen LogP contribution in [0, 0.1) is 5.41 Å². The van der Waals surface area contributed by atoms with Gasteiger partial charge >= 0.3 is 0 Å². The Bertz CT molecular complexity index is 427.